The molecule has 3 rings (SSSR count). The quantitative estimate of drug-likeness (QED) is 0.904. The molecule has 1 saturated carbocycles. The summed E-state index contributed by atoms with van der Waals surface area (Å²) < 4.78 is 7.33. The minimum atomic E-state index is 0.622. The Hall–Kier alpha value is -1.26. The number of aromatic nitrogens is 2. The molecular weight excluding hydrogens is 250 g/mol. The van der Waals surface area contributed by atoms with Gasteiger partial charge in [-0.25, -0.2) is 0 Å². The number of hydrogen-bond donors (Lipinski definition) is 1. The lowest BCUT2D eigenvalue weighted by Crippen LogP contribution is -2.14. The fraction of sp³-hybridized carbons (Fsp3) is 0.462. The van der Waals surface area contributed by atoms with E-state index in [9.17, 15) is 0 Å². The van der Waals surface area contributed by atoms with Gasteiger partial charge in [0.25, 0.3) is 0 Å². The number of rotatable bonds is 5. The Kier molecular flexibility index (Phi) is 3.14. The van der Waals surface area contributed by atoms with Crippen LogP contribution in [0.3, 0.4) is 0 Å². The molecule has 1 N–H and O–H groups in total. The average Bonchev–Trinajstić information content (AvgIpc) is 2.98. The molecule has 1 aliphatic rings. The molecule has 4 nitrogen and oxygen atoms in total. The van der Waals surface area contributed by atoms with Crippen LogP contribution in [0.2, 0.25) is 5.02 Å². The highest BCUT2D eigenvalue weighted by molar-refractivity contribution is 6.31. The fourth-order valence-electron chi connectivity index (χ4n) is 1.89. The second-order valence-electron chi connectivity index (χ2n) is 4.84. The van der Waals surface area contributed by atoms with Gasteiger partial charge in [0, 0.05) is 24.3 Å². The molecule has 0 spiro atoms. The van der Waals surface area contributed by atoms with E-state index in [1.165, 1.54) is 18.4 Å². The maximum atomic E-state index is 5.97. The van der Waals surface area contributed by atoms with Gasteiger partial charge in [-0.05, 0) is 25.8 Å². The minimum absolute atomic E-state index is 0.622. The molecule has 0 radical (unpaired) electrons. The predicted octanol–water partition coefficient (Wildman–Crippen LogP) is 2.74. The van der Waals surface area contributed by atoms with Gasteiger partial charge < -0.3 is 9.73 Å². The van der Waals surface area contributed by atoms with Crippen LogP contribution >= 0.6 is 11.6 Å². The number of hydrogen-bond acceptors (Lipinski definition) is 3. The molecule has 1 aliphatic carbocycles. The van der Waals surface area contributed by atoms with Crippen molar-refractivity contribution in [2.75, 3.05) is 0 Å². The summed E-state index contributed by atoms with van der Waals surface area (Å²) in [5.74, 6) is 0.904. The summed E-state index contributed by atoms with van der Waals surface area (Å²) in [5, 5.41) is 8.46. The Morgan fingerprint density at radius 1 is 1.56 bits per heavy atom. The maximum absolute atomic E-state index is 5.97. The van der Waals surface area contributed by atoms with Crippen molar-refractivity contribution in [1.82, 2.24) is 15.1 Å². The molecule has 0 saturated heterocycles. The van der Waals surface area contributed by atoms with Crippen molar-refractivity contribution in [1.29, 1.82) is 0 Å². The van der Waals surface area contributed by atoms with Crippen molar-refractivity contribution < 1.29 is 4.42 Å². The van der Waals surface area contributed by atoms with Gasteiger partial charge in [0.05, 0.1) is 23.5 Å². The van der Waals surface area contributed by atoms with Crippen molar-refractivity contribution >= 4 is 11.6 Å². The summed E-state index contributed by atoms with van der Waals surface area (Å²) in [4.78, 5) is 0. The van der Waals surface area contributed by atoms with Crippen LogP contribution in [-0.2, 0) is 13.1 Å². The molecule has 0 aromatic carbocycles. The lowest BCUT2D eigenvalue weighted by molar-refractivity contribution is 0.477. The lowest BCUT2D eigenvalue weighted by Gasteiger charge is -1.97. The Bertz CT molecular complexity index is 523. The van der Waals surface area contributed by atoms with Crippen LogP contribution in [0.15, 0.2) is 22.9 Å². The van der Waals surface area contributed by atoms with Crippen LogP contribution in [0.25, 0.3) is 0 Å². The average molecular weight is 266 g/mol. The Labute approximate surface area is 111 Å². The van der Waals surface area contributed by atoms with Gasteiger partial charge in [0.15, 0.2) is 0 Å². The van der Waals surface area contributed by atoms with Crippen LogP contribution in [-0.4, -0.2) is 15.8 Å². The minimum Gasteiger partial charge on any atom is -0.467 e. The number of aryl methyl sites for hydroxylation is 1. The van der Waals surface area contributed by atoms with E-state index in [-0.39, 0.29) is 0 Å². The van der Waals surface area contributed by atoms with Gasteiger partial charge in [0.1, 0.15) is 5.76 Å². The zero-order valence-electron chi connectivity index (χ0n) is 10.3. The van der Waals surface area contributed by atoms with Gasteiger partial charge in [-0.1, -0.05) is 11.6 Å². The van der Waals surface area contributed by atoms with Gasteiger partial charge in [-0.15, -0.1) is 0 Å². The molecule has 0 bridgehead atoms. The predicted molar refractivity (Wildman–Crippen MR) is 69.6 cm³/mol. The van der Waals surface area contributed by atoms with Crippen molar-refractivity contribution in [2.24, 2.45) is 0 Å². The second-order valence-corrected chi connectivity index (χ2v) is 5.24. The standard InChI is InChI=1S/C13H16ClN3O/c1-9-13(14)7-17(16-9)6-12-4-10(8-18-12)5-15-11-2-3-11/h4,7-8,11,15H,2-3,5-6H2,1H3. The smallest absolute Gasteiger partial charge is 0.125 e. The molecule has 0 unspecified atom stereocenters. The zero-order chi connectivity index (χ0) is 12.5. The molecule has 2 aromatic heterocycles. The van der Waals surface area contributed by atoms with Crippen molar-refractivity contribution in [3.63, 3.8) is 0 Å². The van der Waals surface area contributed by atoms with E-state index in [1.807, 2.05) is 19.4 Å². The Morgan fingerprint density at radius 3 is 3.06 bits per heavy atom. The number of halogens is 1. The van der Waals surface area contributed by atoms with Crippen molar-refractivity contribution in [3.8, 4) is 0 Å². The van der Waals surface area contributed by atoms with Gasteiger partial charge in [-0.3, -0.25) is 4.68 Å². The normalized spacial score (nSPS) is 15.2. The molecule has 2 aromatic rings. The number of furan rings is 1. The van der Waals surface area contributed by atoms with Crippen LogP contribution in [0, 0.1) is 6.92 Å². The Balaban J connectivity index is 1.61. The maximum Gasteiger partial charge on any atom is 0.125 e. The largest absolute Gasteiger partial charge is 0.467 e. The molecule has 0 amide bonds. The summed E-state index contributed by atoms with van der Waals surface area (Å²) >= 11 is 5.97. The molecule has 1 fully saturated rings. The Morgan fingerprint density at radius 2 is 2.39 bits per heavy atom. The van der Waals surface area contributed by atoms with Gasteiger partial charge >= 0.3 is 0 Å². The summed E-state index contributed by atoms with van der Waals surface area (Å²) in [6.45, 7) is 3.40. The van der Waals surface area contributed by atoms with Crippen LogP contribution in [0.4, 0.5) is 0 Å². The summed E-state index contributed by atoms with van der Waals surface area (Å²) in [7, 11) is 0. The first-order valence-electron chi connectivity index (χ1n) is 6.20. The molecule has 2 heterocycles. The van der Waals surface area contributed by atoms with E-state index in [4.69, 9.17) is 16.0 Å². The van der Waals surface area contributed by atoms with E-state index < -0.39 is 0 Å². The van der Waals surface area contributed by atoms with E-state index in [0.717, 1.165) is 24.0 Å². The second kappa shape index (κ2) is 4.78. The van der Waals surface area contributed by atoms with Gasteiger partial charge in [-0.2, -0.15) is 5.10 Å². The lowest BCUT2D eigenvalue weighted by atomic mass is 10.3. The first kappa shape index (κ1) is 11.8. The van der Waals surface area contributed by atoms with Crippen LogP contribution in [0.5, 0.6) is 0 Å². The highest BCUT2D eigenvalue weighted by Gasteiger charge is 2.20. The van der Waals surface area contributed by atoms with Crippen LogP contribution < -0.4 is 5.32 Å². The number of nitrogens with one attached hydrogen (secondary N) is 1. The third-order valence-corrected chi connectivity index (χ3v) is 3.46. The third-order valence-electron chi connectivity index (χ3n) is 3.08. The molecular formula is C13H16ClN3O. The van der Waals surface area contributed by atoms with Crippen LogP contribution in [0.1, 0.15) is 29.9 Å². The van der Waals surface area contributed by atoms with Gasteiger partial charge in [0.2, 0.25) is 0 Å². The topological polar surface area (TPSA) is 43.0 Å². The molecule has 0 atom stereocenters. The molecule has 18 heavy (non-hydrogen) atoms. The summed E-state index contributed by atoms with van der Waals surface area (Å²) in [5.41, 5.74) is 2.03. The van der Waals surface area contributed by atoms with E-state index in [0.29, 0.717) is 11.6 Å². The fourth-order valence-corrected chi connectivity index (χ4v) is 2.04. The monoisotopic (exact) mass is 265 g/mol. The van der Waals surface area contributed by atoms with E-state index in [2.05, 4.69) is 16.5 Å². The third kappa shape index (κ3) is 2.76. The highest BCUT2D eigenvalue weighted by Crippen LogP contribution is 2.20. The molecule has 5 heteroatoms. The first-order chi connectivity index (χ1) is 8.70. The molecule has 96 valence electrons. The van der Waals surface area contributed by atoms with E-state index >= 15 is 0 Å². The zero-order valence-corrected chi connectivity index (χ0v) is 11.1. The number of nitrogens with zero attached hydrogens (tertiary/aromatic N) is 2. The van der Waals surface area contributed by atoms with E-state index in [1.54, 1.807) is 4.68 Å². The first-order valence-corrected chi connectivity index (χ1v) is 6.58. The summed E-state index contributed by atoms with van der Waals surface area (Å²) in [6, 6.07) is 2.79. The molecule has 0 aliphatic heterocycles. The SMILES string of the molecule is Cc1nn(Cc2cc(CNC3CC3)co2)cc1Cl. The highest BCUT2D eigenvalue weighted by atomic mass is 35.5. The van der Waals surface area contributed by atoms with Crippen molar-refractivity contribution in [3.05, 3.63) is 40.6 Å². The summed E-state index contributed by atoms with van der Waals surface area (Å²) in [6.07, 6.45) is 6.23. The van der Waals surface area contributed by atoms with Crippen molar-refractivity contribution in [2.45, 2.75) is 38.9 Å².